The summed E-state index contributed by atoms with van der Waals surface area (Å²) in [5.74, 6) is -1.00. The Morgan fingerprint density at radius 3 is 2.50 bits per heavy atom. The first-order chi connectivity index (χ1) is 7.50. The van der Waals surface area contributed by atoms with Gasteiger partial charge in [0.2, 0.25) is 0 Å². The fraction of sp³-hybridized carbons (Fsp3) is 0.182. The van der Waals surface area contributed by atoms with Gasteiger partial charge in [-0.2, -0.15) is 5.10 Å². The van der Waals surface area contributed by atoms with Crippen LogP contribution in [-0.2, 0) is 7.05 Å². The Labute approximate surface area is 91.5 Å². The van der Waals surface area contributed by atoms with Crippen LogP contribution in [0.2, 0.25) is 0 Å². The number of halogens is 2. The number of nitrogens with two attached hydrogens (primary N) is 1. The van der Waals surface area contributed by atoms with E-state index in [9.17, 15) is 8.78 Å². The van der Waals surface area contributed by atoms with E-state index in [1.807, 2.05) is 0 Å². The molecule has 0 saturated heterocycles. The van der Waals surface area contributed by atoms with Crippen LogP contribution in [0.5, 0.6) is 0 Å². The molecule has 2 aromatic rings. The van der Waals surface area contributed by atoms with Gasteiger partial charge in [-0.05, 0) is 19.1 Å². The summed E-state index contributed by atoms with van der Waals surface area (Å²) in [7, 11) is 1.72. The van der Waals surface area contributed by atoms with E-state index in [1.54, 1.807) is 18.7 Å². The molecule has 0 amide bonds. The van der Waals surface area contributed by atoms with Crippen LogP contribution < -0.4 is 5.73 Å². The van der Waals surface area contributed by atoms with E-state index >= 15 is 0 Å². The van der Waals surface area contributed by atoms with E-state index in [0.29, 0.717) is 5.56 Å². The number of nitrogens with zero attached hydrogens (tertiary/aromatic N) is 2. The van der Waals surface area contributed by atoms with Crippen LogP contribution in [0.1, 0.15) is 5.69 Å². The van der Waals surface area contributed by atoms with Crippen molar-refractivity contribution in [2.45, 2.75) is 6.92 Å². The van der Waals surface area contributed by atoms with Crippen LogP contribution in [0, 0.1) is 18.6 Å². The molecular weight excluding hydrogens is 212 g/mol. The fourth-order valence-electron chi connectivity index (χ4n) is 1.66. The lowest BCUT2D eigenvalue weighted by molar-refractivity contribution is 0.585. The highest BCUT2D eigenvalue weighted by Gasteiger charge is 2.16. The second-order valence-corrected chi connectivity index (χ2v) is 3.59. The molecule has 3 nitrogen and oxygen atoms in total. The second kappa shape index (κ2) is 3.59. The third-order valence-corrected chi connectivity index (χ3v) is 2.56. The van der Waals surface area contributed by atoms with Gasteiger partial charge in [0.15, 0.2) is 5.82 Å². The normalized spacial score (nSPS) is 10.8. The maximum atomic E-state index is 13.6. The van der Waals surface area contributed by atoms with E-state index in [4.69, 9.17) is 5.73 Å². The van der Waals surface area contributed by atoms with Crippen LogP contribution >= 0.6 is 0 Å². The number of anilines is 1. The minimum absolute atomic E-state index is 0.241. The number of aryl methyl sites for hydroxylation is 1. The largest absolute Gasteiger partial charge is 0.382 e. The van der Waals surface area contributed by atoms with Gasteiger partial charge in [-0.3, -0.25) is 4.68 Å². The van der Waals surface area contributed by atoms with Crippen molar-refractivity contribution in [3.05, 3.63) is 35.5 Å². The van der Waals surface area contributed by atoms with Gasteiger partial charge in [0.1, 0.15) is 11.6 Å². The number of hydrogen-bond donors (Lipinski definition) is 1. The van der Waals surface area contributed by atoms with E-state index < -0.39 is 11.6 Å². The minimum atomic E-state index is -0.636. The van der Waals surface area contributed by atoms with Gasteiger partial charge in [-0.15, -0.1) is 0 Å². The first-order valence-corrected chi connectivity index (χ1v) is 4.75. The van der Waals surface area contributed by atoms with Crippen LogP contribution in [-0.4, -0.2) is 9.78 Å². The van der Waals surface area contributed by atoms with Gasteiger partial charge >= 0.3 is 0 Å². The lowest BCUT2D eigenvalue weighted by Crippen LogP contribution is -1.93. The van der Waals surface area contributed by atoms with Gasteiger partial charge < -0.3 is 5.73 Å². The van der Waals surface area contributed by atoms with Crippen LogP contribution in [0.3, 0.4) is 0 Å². The van der Waals surface area contributed by atoms with Crippen molar-refractivity contribution >= 4 is 5.82 Å². The average molecular weight is 223 g/mol. The Bertz CT molecular complexity index is 546. The third-order valence-electron chi connectivity index (χ3n) is 2.56. The van der Waals surface area contributed by atoms with E-state index in [1.165, 1.54) is 12.1 Å². The average Bonchev–Trinajstić information content (AvgIpc) is 2.43. The monoisotopic (exact) mass is 223 g/mol. The van der Waals surface area contributed by atoms with Gasteiger partial charge in [-0.25, -0.2) is 8.78 Å². The predicted molar refractivity (Wildman–Crippen MR) is 57.7 cm³/mol. The summed E-state index contributed by atoms with van der Waals surface area (Å²) in [5, 5.41) is 3.98. The Hall–Kier alpha value is -1.91. The molecule has 16 heavy (non-hydrogen) atoms. The van der Waals surface area contributed by atoms with Crippen LogP contribution in [0.25, 0.3) is 11.1 Å². The summed E-state index contributed by atoms with van der Waals surface area (Å²) in [6.07, 6.45) is 0. The molecule has 0 unspecified atom stereocenters. The van der Waals surface area contributed by atoms with Gasteiger partial charge in [-0.1, -0.05) is 0 Å². The Kier molecular flexibility index (Phi) is 2.38. The Balaban J connectivity index is 2.67. The lowest BCUT2D eigenvalue weighted by atomic mass is 10.1. The smallest absolute Gasteiger partial charge is 0.153 e. The topological polar surface area (TPSA) is 43.8 Å². The molecule has 1 aromatic heterocycles. The highest BCUT2D eigenvalue weighted by Crippen LogP contribution is 2.30. The third kappa shape index (κ3) is 1.54. The molecule has 5 heteroatoms. The molecule has 84 valence electrons. The highest BCUT2D eigenvalue weighted by atomic mass is 19.1. The minimum Gasteiger partial charge on any atom is -0.382 e. The lowest BCUT2D eigenvalue weighted by Gasteiger charge is -2.03. The molecule has 0 spiro atoms. The number of benzene rings is 1. The number of rotatable bonds is 1. The zero-order valence-electron chi connectivity index (χ0n) is 8.96. The molecule has 1 heterocycles. The molecule has 0 bridgehead atoms. The zero-order valence-corrected chi connectivity index (χ0v) is 8.96. The van der Waals surface area contributed by atoms with Gasteiger partial charge in [0.25, 0.3) is 0 Å². The summed E-state index contributed by atoms with van der Waals surface area (Å²) < 4.78 is 27.9. The summed E-state index contributed by atoms with van der Waals surface area (Å²) in [6, 6.07) is 3.40. The maximum absolute atomic E-state index is 13.6. The second-order valence-electron chi connectivity index (χ2n) is 3.59. The van der Waals surface area contributed by atoms with E-state index in [-0.39, 0.29) is 11.4 Å². The quantitative estimate of drug-likeness (QED) is 0.805. The van der Waals surface area contributed by atoms with Crippen molar-refractivity contribution in [1.82, 2.24) is 9.78 Å². The summed E-state index contributed by atoms with van der Waals surface area (Å²) in [5.41, 5.74) is 7.21. The summed E-state index contributed by atoms with van der Waals surface area (Å²) in [4.78, 5) is 0. The van der Waals surface area contributed by atoms with Crippen LogP contribution in [0.15, 0.2) is 18.2 Å². The standard InChI is InChI=1S/C11H11F2N3/c1-6-10(11(14)15-16(6)2)8-4-3-7(12)5-9(8)13/h3-5H,1-2H3,(H2,14,15). The van der Waals surface area contributed by atoms with Crippen molar-refractivity contribution in [3.63, 3.8) is 0 Å². The first kappa shape index (κ1) is 10.6. The molecule has 0 atom stereocenters. The van der Waals surface area contributed by atoms with E-state index in [0.717, 1.165) is 11.8 Å². The van der Waals surface area contributed by atoms with Crippen molar-refractivity contribution in [2.75, 3.05) is 5.73 Å². The Morgan fingerprint density at radius 1 is 1.31 bits per heavy atom. The number of nitrogen functional groups attached to an aromatic ring is 1. The first-order valence-electron chi connectivity index (χ1n) is 4.75. The van der Waals surface area contributed by atoms with Crippen LogP contribution in [0.4, 0.5) is 14.6 Å². The van der Waals surface area contributed by atoms with Crippen molar-refractivity contribution in [2.24, 2.45) is 7.05 Å². The molecule has 0 radical (unpaired) electrons. The zero-order chi connectivity index (χ0) is 11.9. The molecule has 2 rings (SSSR count). The fourth-order valence-corrected chi connectivity index (χ4v) is 1.66. The number of aromatic nitrogens is 2. The summed E-state index contributed by atoms with van der Waals surface area (Å²) >= 11 is 0. The maximum Gasteiger partial charge on any atom is 0.153 e. The number of hydrogen-bond acceptors (Lipinski definition) is 2. The molecule has 0 aliphatic rings. The summed E-state index contributed by atoms with van der Waals surface area (Å²) in [6.45, 7) is 1.78. The molecular formula is C11H11F2N3. The van der Waals surface area contributed by atoms with Gasteiger partial charge in [0, 0.05) is 29.9 Å². The molecule has 0 fully saturated rings. The van der Waals surface area contributed by atoms with Gasteiger partial charge in [0.05, 0.1) is 0 Å². The molecule has 2 N–H and O–H groups in total. The van der Waals surface area contributed by atoms with Crippen molar-refractivity contribution in [1.29, 1.82) is 0 Å². The molecule has 0 aliphatic heterocycles. The Morgan fingerprint density at radius 2 is 2.00 bits per heavy atom. The highest BCUT2D eigenvalue weighted by molar-refractivity contribution is 5.76. The molecule has 1 aromatic carbocycles. The molecule has 0 saturated carbocycles. The van der Waals surface area contributed by atoms with Crippen molar-refractivity contribution in [3.8, 4) is 11.1 Å². The van der Waals surface area contributed by atoms with Crippen molar-refractivity contribution < 1.29 is 8.78 Å². The predicted octanol–water partition coefficient (Wildman–Crippen LogP) is 2.26. The molecule has 0 aliphatic carbocycles. The SMILES string of the molecule is Cc1c(-c2ccc(F)cc2F)c(N)nn1C. The van der Waals surface area contributed by atoms with E-state index in [2.05, 4.69) is 5.10 Å².